The van der Waals surface area contributed by atoms with Gasteiger partial charge in [0.15, 0.2) is 0 Å². The number of nitrogens with two attached hydrogens (primary N) is 1. The number of primary amides is 1. The van der Waals surface area contributed by atoms with Gasteiger partial charge in [-0.05, 0) is 24.8 Å². The quantitative estimate of drug-likeness (QED) is 0.378. The second-order valence-electron chi connectivity index (χ2n) is 9.92. The van der Waals surface area contributed by atoms with Crippen LogP contribution in [0.25, 0.3) is 0 Å². The Morgan fingerprint density at radius 1 is 1.00 bits per heavy atom. The number of alkyl halides is 6. The maximum atomic E-state index is 13.8. The van der Waals surface area contributed by atoms with E-state index in [1.807, 2.05) is 0 Å². The molecular formula is C27H26F6N4O3. The van der Waals surface area contributed by atoms with Gasteiger partial charge in [0, 0.05) is 29.4 Å². The molecule has 2 aromatic rings. The molecule has 13 heteroatoms. The topological polar surface area (TPSA) is 114 Å². The molecule has 1 heterocycles. The molecule has 4 rings (SSSR count). The minimum atomic E-state index is -4.83. The van der Waals surface area contributed by atoms with Crippen molar-refractivity contribution in [2.45, 2.75) is 50.6 Å². The molecule has 214 valence electrons. The number of aliphatic imine (C=N–C) groups is 1. The van der Waals surface area contributed by atoms with E-state index in [1.165, 1.54) is 6.07 Å². The summed E-state index contributed by atoms with van der Waals surface area (Å²) in [4.78, 5) is 43.0. The summed E-state index contributed by atoms with van der Waals surface area (Å²) < 4.78 is 80.3. The summed E-state index contributed by atoms with van der Waals surface area (Å²) in [5.74, 6) is -5.88. The summed E-state index contributed by atoms with van der Waals surface area (Å²) >= 11 is 0. The Kier molecular flexibility index (Phi) is 8.22. The van der Waals surface area contributed by atoms with Gasteiger partial charge in [-0.2, -0.15) is 26.3 Å². The van der Waals surface area contributed by atoms with Crippen LogP contribution >= 0.6 is 0 Å². The molecule has 1 fully saturated rings. The number of nitrogens with zero attached hydrogens (tertiary/aromatic N) is 1. The number of rotatable bonds is 9. The van der Waals surface area contributed by atoms with Crippen LogP contribution in [0.3, 0.4) is 0 Å². The summed E-state index contributed by atoms with van der Waals surface area (Å²) in [6.45, 7) is 0. The molecule has 1 aliphatic heterocycles. The molecule has 0 saturated heterocycles. The van der Waals surface area contributed by atoms with E-state index in [9.17, 15) is 40.7 Å². The van der Waals surface area contributed by atoms with E-state index in [1.54, 1.807) is 30.3 Å². The lowest BCUT2D eigenvalue weighted by molar-refractivity contribution is -0.146. The Labute approximate surface area is 225 Å². The Hall–Kier alpha value is -3.90. The van der Waals surface area contributed by atoms with Gasteiger partial charge in [0.05, 0.1) is 17.0 Å². The number of amides is 3. The minimum Gasteiger partial charge on any atom is -0.369 e. The fraction of sp³-hybridized carbons (Fsp3) is 0.407. The van der Waals surface area contributed by atoms with Gasteiger partial charge in [-0.3, -0.25) is 14.4 Å². The van der Waals surface area contributed by atoms with Gasteiger partial charge in [0.25, 0.3) is 5.91 Å². The highest BCUT2D eigenvalue weighted by molar-refractivity contribution is 6.20. The summed E-state index contributed by atoms with van der Waals surface area (Å²) in [6, 6.07) is 11.3. The minimum absolute atomic E-state index is 0.00609. The number of anilines is 1. The standard InChI is InChI=1S/C27H26F6N4O3/c28-26(29,30)12-11-16(22(34)38)18(13-14-9-10-14)24(39)37-23-25(40)36-21-17(7-4-8-19(21)27(31,32)33)20(35-23)15-5-2-1-3-6-15/h1-8,14,16,18,23H,9-13H2,(H2,34,38)(H,36,40)(H,37,39)/t16-,18+,23-/m1/s1. The average molecular weight is 569 g/mol. The predicted molar refractivity (Wildman–Crippen MR) is 133 cm³/mol. The van der Waals surface area contributed by atoms with E-state index in [4.69, 9.17) is 5.73 Å². The number of halogens is 6. The number of nitrogens with one attached hydrogen (secondary N) is 2. The van der Waals surface area contributed by atoms with Crippen LogP contribution < -0.4 is 16.4 Å². The molecule has 3 amide bonds. The molecule has 40 heavy (non-hydrogen) atoms. The van der Waals surface area contributed by atoms with Crippen molar-refractivity contribution < 1.29 is 40.7 Å². The van der Waals surface area contributed by atoms with Crippen LogP contribution in [0.2, 0.25) is 0 Å². The molecule has 2 aliphatic rings. The molecule has 1 aliphatic carbocycles. The van der Waals surface area contributed by atoms with Crippen molar-refractivity contribution in [3.63, 3.8) is 0 Å². The van der Waals surface area contributed by atoms with Crippen molar-refractivity contribution >= 4 is 29.1 Å². The second-order valence-corrected chi connectivity index (χ2v) is 9.92. The molecule has 0 spiro atoms. The van der Waals surface area contributed by atoms with E-state index in [-0.39, 0.29) is 23.6 Å². The largest absolute Gasteiger partial charge is 0.418 e. The molecule has 0 bridgehead atoms. The SMILES string of the molecule is NC(=O)[C@H](CCC(F)(F)F)[C@H](CC1CC1)C(=O)N[C@H]1N=C(c2ccccc2)c2cccc(C(F)(F)F)c2NC1=O. The second kappa shape index (κ2) is 11.3. The monoisotopic (exact) mass is 568 g/mol. The first-order valence-corrected chi connectivity index (χ1v) is 12.6. The molecule has 4 N–H and O–H groups in total. The molecule has 0 radical (unpaired) electrons. The van der Waals surface area contributed by atoms with Crippen molar-refractivity contribution in [3.8, 4) is 0 Å². The lowest BCUT2D eigenvalue weighted by Gasteiger charge is -2.26. The summed E-state index contributed by atoms with van der Waals surface area (Å²) in [5.41, 5.74) is 4.02. The van der Waals surface area contributed by atoms with Crippen LogP contribution in [0.15, 0.2) is 53.5 Å². The number of carbonyl (C=O) groups excluding carboxylic acids is 3. The third-order valence-electron chi connectivity index (χ3n) is 6.92. The lowest BCUT2D eigenvalue weighted by Crippen LogP contribution is -2.48. The van der Waals surface area contributed by atoms with Crippen LogP contribution in [-0.2, 0) is 20.6 Å². The van der Waals surface area contributed by atoms with Gasteiger partial charge in [0.2, 0.25) is 18.0 Å². The van der Waals surface area contributed by atoms with Crippen molar-refractivity contribution in [2.75, 3.05) is 5.32 Å². The molecule has 0 unspecified atom stereocenters. The molecular weight excluding hydrogens is 542 g/mol. The molecule has 1 saturated carbocycles. The zero-order chi connectivity index (χ0) is 29.2. The van der Waals surface area contributed by atoms with Gasteiger partial charge in [-0.15, -0.1) is 0 Å². The summed E-state index contributed by atoms with van der Waals surface area (Å²) in [7, 11) is 0. The third-order valence-corrected chi connectivity index (χ3v) is 6.92. The highest BCUT2D eigenvalue weighted by Crippen LogP contribution is 2.40. The number of hydrogen-bond donors (Lipinski definition) is 3. The number of hydrogen-bond acceptors (Lipinski definition) is 4. The van der Waals surface area contributed by atoms with Crippen molar-refractivity contribution in [1.82, 2.24) is 5.32 Å². The Balaban J connectivity index is 1.71. The number of carbonyl (C=O) groups is 3. The zero-order valence-corrected chi connectivity index (χ0v) is 21.0. The fourth-order valence-electron chi connectivity index (χ4n) is 4.76. The van der Waals surface area contributed by atoms with Crippen LogP contribution in [-0.4, -0.2) is 35.8 Å². The Morgan fingerprint density at radius 3 is 2.25 bits per heavy atom. The van der Waals surface area contributed by atoms with E-state index >= 15 is 0 Å². The van der Waals surface area contributed by atoms with Crippen LogP contribution in [0, 0.1) is 17.8 Å². The first-order chi connectivity index (χ1) is 18.7. The highest BCUT2D eigenvalue weighted by Gasteiger charge is 2.42. The zero-order valence-electron chi connectivity index (χ0n) is 21.0. The molecule has 0 aromatic heterocycles. The van der Waals surface area contributed by atoms with Gasteiger partial charge in [-0.25, -0.2) is 4.99 Å². The highest BCUT2D eigenvalue weighted by atomic mass is 19.4. The first-order valence-electron chi connectivity index (χ1n) is 12.6. The van der Waals surface area contributed by atoms with Crippen molar-refractivity contribution in [3.05, 3.63) is 65.2 Å². The number of benzodiazepines with no additional fused rings is 1. The van der Waals surface area contributed by atoms with Crippen molar-refractivity contribution in [1.29, 1.82) is 0 Å². The number of fused-ring (bicyclic) bond motifs is 1. The van der Waals surface area contributed by atoms with Gasteiger partial charge in [-0.1, -0.05) is 55.3 Å². The predicted octanol–water partition coefficient (Wildman–Crippen LogP) is 4.80. The smallest absolute Gasteiger partial charge is 0.369 e. The van der Waals surface area contributed by atoms with Gasteiger partial charge < -0.3 is 16.4 Å². The third kappa shape index (κ3) is 6.99. The lowest BCUT2D eigenvalue weighted by atomic mass is 9.83. The Bertz CT molecular complexity index is 1310. The van der Waals surface area contributed by atoms with Crippen LogP contribution in [0.4, 0.5) is 32.0 Å². The van der Waals surface area contributed by atoms with E-state index in [2.05, 4.69) is 15.6 Å². The molecule has 7 nitrogen and oxygen atoms in total. The number of benzene rings is 2. The average Bonchev–Trinajstić information content (AvgIpc) is 3.70. The summed E-state index contributed by atoms with van der Waals surface area (Å²) in [6.07, 6.45) is -11.7. The molecule has 2 aromatic carbocycles. The van der Waals surface area contributed by atoms with Crippen LogP contribution in [0.5, 0.6) is 0 Å². The maximum absolute atomic E-state index is 13.8. The van der Waals surface area contributed by atoms with Crippen molar-refractivity contribution in [2.24, 2.45) is 28.5 Å². The van der Waals surface area contributed by atoms with E-state index < -0.39 is 72.2 Å². The molecule has 3 atom stereocenters. The van der Waals surface area contributed by atoms with Gasteiger partial charge in [0.1, 0.15) is 0 Å². The number of para-hydroxylation sites is 1. The van der Waals surface area contributed by atoms with Gasteiger partial charge >= 0.3 is 12.4 Å². The Morgan fingerprint density at radius 2 is 1.68 bits per heavy atom. The maximum Gasteiger partial charge on any atom is 0.418 e. The summed E-state index contributed by atoms with van der Waals surface area (Å²) in [5, 5.41) is 4.57. The first kappa shape index (κ1) is 29.1. The van der Waals surface area contributed by atoms with E-state index in [0.29, 0.717) is 18.4 Å². The van der Waals surface area contributed by atoms with Crippen LogP contribution in [0.1, 0.15) is 48.8 Å². The van der Waals surface area contributed by atoms with E-state index in [0.717, 1.165) is 12.1 Å². The normalized spacial score (nSPS) is 19.0. The fourth-order valence-corrected chi connectivity index (χ4v) is 4.76.